The molecule has 0 radical (unpaired) electrons. The fraction of sp³-hybridized carbons (Fsp3) is 0.417. The summed E-state index contributed by atoms with van der Waals surface area (Å²) in [5, 5.41) is 0. The molecular weight excluding hydrogens is 204 g/mol. The van der Waals surface area contributed by atoms with Gasteiger partial charge in [-0.3, -0.25) is 4.79 Å². The number of ether oxygens (including phenoxy) is 1. The Morgan fingerprint density at radius 1 is 1.38 bits per heavy atom. The van der Waals surface area contributed by atoms with E-state index in [0.29, 0.717) is 5.56 Å². The fourth-order valence-corrected chi connectivity index (χ4v) is 1.89. The second kappa shape index (κ2) is 4.53. The number of aryl methyl sites for hydroxylation is 1. The first-order chi connectivity index (χ1) is 7.68. The first-order valence-corrected chi connectivity index (χ1v) is 5.41. The molecule has 0 spiro atoms. The molecule has 1 fully saturated rings. The van der Waals surface area contributed by atoms with Crippen molar-refractivity contribution in [3.05, 3.63) is 29.3 Å². The molecule has 1 amide bonds. The van der Waals surface area contributed by atoms with Crippen LogP contribution in [0.3, 0.4) is 0 Å². The highest BCUT2D eigenvalue weighted by molar-refractivity contribution is 5.95. The number of hydrogen-bond donors (Lipinski definition) is 1. The molecule has 2 rings (SSSR count). The van der Waals surface area contributed by atoms with Crippen molar-refractivity contribution in [3.63, 3.8) is 0 Å². The van der Waals surface area contributed by atoms with Crippen molar-refractivity contribution in [1.29, 1.82) is 0 Å². The summed E-state index contributed by atoms with van der Waals surface area (Å²) in [5.41, 5.74) is 7.90. The molecular formula is C12H16N2O2. The minimum atomic E-state index is -0.368. The van der Waals surface area contributed by atoms with Gasteiger partial charge in [0.05, 0.1) is 13.2 Å². The van der Waals surface area contributed by atoms with E-state index in [1.54, 1.807) is 0 Å². The van der Waals surface area contributed by atoms with Gasteiger partial charge < -0.3 is 15.4 Å². The zero-order chi connectivity index (χ0) is 11.5. The van der Waals surface area contributed by atoms with E-state index in [1.807, 2.05) is 25.1 Å². The van der Waals surface area contributed by atoms with Gasteiger partial charge in [-0.25, -0.2) is 0 Å². The Labute approximate surface area is 95.0 Å². The SMILES string of the molecule is Cc1ccc(N2CCOCC2)cc1C(N)=O. The summed E-state index contributed by atoms with van der Waals surface area (Å²) < 4.78 is 5.29. The van der Waals surface area contributed by atoms with E-state index >= 15 is 0 Å². The number of nitrogens with two attached hydrogens (primary N) is 1. The molecule has 1 aliphatic rings. The third kappa shape index (κ3) is 2.17. The molecule has 16 heavy (non-hydrogen) atoms. The largest absolute Gasteiger partial charge is 0.378 e. The Kier molecular flexibility index (Phi) is 3.10. The third-order valence-electron chi connectivity index (χ3n) is 2.86. The zero-order valence-electron chi connectivity index (χ0n) is 9.40. The standard InChI is InChI=1S/C12H16N2O2/c1-9-2-3-10(8-11(9)12(13)15)14-4-6-16-7-5-14/h2-3,8H,4-7H2,1H3,(H2,13,15). The molecule has 0 aromatic heterocycles. The maximum atomic E-state index is 11.2. The van der Waals surface area contributed by atoms with Crippen LogP contribution in [0, 0.1) is 6.92 Å². The average molecular weight is 220 g/mol. The lowest BCUT2D eigenvalue weighted by Gasteiger charge is -2.29. The number of rotatable bonds is 2. The summed E-state index contributed by atoms with van der Waals surface area (Å²) in [7, 11) is 0. The Bertz CT molecular complexity index is 398. The second-order valence-corrected chi connectivity index (χ2v) is 3.96. The first kappa shape index (κ1) is 11.0. The van der Waals surface area contributed by atoms with Crippen molar-refractivity contribution in [2.75, 3.05) is 31.2 Å². The van der Waals surface area contributed by atoms with Crippen LogP contribution in [0.25, 0.3) is 0 Å². The molecule has 4 heteroatoms. The van der Waals surface area contributed by atoms with Crippen LogP contribution >= 0.6 is 0 Å². The summed E-state index contributed by atoms with van der Waals surface area (Å²) >= 11 is 0. The Morgan fingerprint density at radius 2 is 2.06 bits per heavy atom. The Hall–Kier alpha value is -1.55. The van der Waals surface area contributed by atoms with Crippen molar-refractivity contribution in [2.45, 2.75) is 6.92 Å². The smallest absolute Gasteiger partial charge is 0.249 e. The van der Waals surface area contributed by atoms with Gasteiger partial charge in [-0.1, -0.05) is 6.07 Å². The summed E-state index contributed by atoms with van der Waals surface area (Å²) in [5.74, 6) is -0.368. The van der Waals surface area contributed by atoms with Gasteiger partial charge in [0.15, 0.2) is 0 Å². The van der Waals surface area contributed by atoms with E-state index in [9.17, 15) is 4.79 Å². The highest BCUT2D eigenvalue weighted by Crippen LogP contribution is 2.20. The molecule has 0 unspecified atom stereocenters. The molecule has 1 aliphatic heterocycles. The predicted molar refractivity (Wildman–Crippen MR) is 62.7 cm³/mol. The van der Waals surface area contributed by atoms with Crippen LogP contribution in [-0.2, 0) is 4.74 Å². The molecule has 1 saturated heterocycles. The summed E-state index contributed by atoms with van der Waals surface area (Å²) in [6.07, 6.45) is 0. The summed E-state index contributed by atoms with van der Waals surface area (Å²) in [6, 6.07) is 5.82. The van der Waals surface area contributed by atoms with Gasteiger partial charge in [0, 0.05) is 24.3 Å². The third-order valence-corrected chi connectivity index (χ3v) is 2.86. The predicted octanol–water partition coefficient (Wildman–Crippen LogP) is 0.931. The van der Waals surface area contributed by atoms with Crippen LogP contribution < -0.4 is 10.6 Å². The zero-order valence-corrected chi connectivity index (χ0v) is 9.40. The van der Waals surface area contributed by atoms with Crippen LogP contribution in [-0.4, -0.2) is 32.2 Å². The van der Waals surface area contributed by atoms with E-state index in [4.69, 9.17) is 10.5 Å². The van der Waals surface area contributed by atoms with Crippen molar-refractivity contribution >= 4 is 11.6 Å². The second-order valence-electron chi connectivity index (χ2n) is 3.96. The number of anilines is 1. The van der Waals surface area contributed by atoms with Gasteiger partial charge in [0.25, 0.3) is 0 Å². The van der Waals surface area contributed by atoms with E-state index in [2.05, 4.69) is 4.90 Å². The minimum Gasteiger partial charge on any atom is -0.378 e. The maximum absolute atomic E-state index is 11.2. The van der Waals surface area contributed by atoms with Crippen molar-refractivity contribution in [1.82, 2.24) is 0 Å². The van der Waals surface area contributed by atoms with Crippen molar-refractivity contribution in [3.8, 4) is 0 Å². The van der Waals surface area contributed by atoms with Gasteiger partial charge in [0.1, 0.15) is 0 Å². The maximum Gasteiger partial charge on any atom is 0.249 e. The number of carbonyl (C=O) groups excluding carboxylic acids is 1. The van der Waals surface area contributed by atoms with Gasteiger partial charge in [0.2, 0.25) is 5.91 Å². The number of morpholine rings is 1. The lowest BCUT2D eigenvalue weighted by molar-refractivity contribution is 0.0999. The van der Waals surface area contributed by atoms with Gasteiger partial charge >= 0.3 is 0 Å². The molecule has 1 heterocycles. The highest BCUT2D eigenvalue weighted by Gasteiger charge is 2.13. The van der Waals surface area contributed by atoms with Crippen LogP contribution in [0.15, 0.2) is 18.2 Å². The number of benzene rings is 1. The summed E-state index contributed by atoms with van der Waals surface area (Å²) in [4.78, 5) is 13.4. The number of carbonyl (C=O) groups is 1. The van der Waals surface area contributed by atoms with Crippen molar-refractivity contribution < 1.29 is 9.53 Å². The lowest BCUT2D eigenvalue weighted by Crippen LogP contribution is -2.36. The molecule has 0 atom stereocenters. The van der Waals surface area contributed by atoms with Crippen LogP contribution in [0.2, 0.25) is 0 Å². The van der Waals surface area contributed by atoms with Gasteiger partial charge in [-0.2, -0.15) is 0 Å². The summed E-state index contributed by atoms with van der Waals surface area (Å²) in [6.45, 7) is 5.09. The highest BCUT2D eigenvalue weighted by atomic mass is 16.5. The molecule has 1 aromatic carbocycles. The molecule has 0 bridgehead atoms. The topological polar surface area (TPSA) is 55.6 Å². The normalized spacial score (nSPS) is 16.2. The van der Waals surface area contributed by atoms with Crippen LogP contribution in [0.4, 0.5) is 5.69 Å². The van der Waals surface area contributed by atoms with E-state index < -0.39 is 0 Å². The number of hydrogen-bond acceptors (Lipinski definition) is 3. The monoisotopic (exact) mass is 220 g/mol. The average Bonchev–Trinajstić information content (AvgIpc) is 2.30. The van der Waals surface area contributed by atoms with Crippen LogP contribution in [0.5, 0.6) is 0 Å². The van der Waals surface area contributed by atoms with E-state index in [-0.39, 0.29) is 5.91 Å². The molecule has 2 N–H and O–H groups in total. The number of amides is 1. The molecule has 4 nitrogen and oxygen atoms in total. The van der Waals surface area contributed by atoms with E-state index in [0.717, 1.165) is 37.6 Å². The first-order valence-electron chi connectivity index (χ1n) is 5.41. The Balaban J connectivity index is 2.27. The Morgan fingerprint density at radius 3 is 2.69 bits per heavy atom. The molecule has 1 aromatic rings. The number of primary amides is 1. The molecule has 0 aliphatic carbocycles. The van der Waals surface area contributed by atoms with Crippen LogP contribution in [0.1, 0.15) is 15.9 Å². The van der Waals surface area contributed by atoms with Gasteiger partial charge in [-0.15, -0.1) is 0 Å². The quantitative estimate of drug-likeness (QED) is 0.806. The van der Waals surface area contributed by atoms with Gasteiger partial charge in [-0.05, 0) is 24.6 Å². The van der Waals surface area contributed by atoms with E-state index in [1.165, 1.54) is 0 Å². The molecule has 86 valence electrons. The minimum absolute atomic E-state index is 0.368. The van der Waals surface area contributed by atoms with Crippen molar-refractivity contribution in [2.24, 2.45) is 5.73 Å². The lowest BCUT2D eigenvalue weighted by atomic mass is 10.1. The number of nitrogens with zero attached hydrogens (tertiary/aromatic N) is 1. The molecule has 0 saturated carbocycles. The fourth-order valence-electron chi connectivity index (χ4n) is 1.89.